The molecule has 0 heterocycles. The van der Waals surface area contributed by atoms with Crippen LogP contribution in [0.4, 0.5) is 17.1 Å². The fourth-order valence-electron chi connectivity index (χ4n) is 2.55. The molecule has 0 amide bonds. The summed E-state index contributed by atoms with van der Waals surface area (Å²) >= 11 is 3.20. The molecule has 0 saturated heterocycles. The Kier molecular flexibility index (Phi) is 4.81. The molecule has 0 saturated carbocycles. The molecule has 0 aliphatic rings. The maximum Gasteiger partial charge on any atom is 0.300 e. The molecule has 0 radical (unpaired) electrons. The molecule has 3 aromatic carbocycles. The molecule has 0 atom stereocenters. The van der Waals surface area contributed by atoms with E-state index in [9.17, 15) is 28.6 Å². The smallest absolute Gasteiger partial charge is 0.272 e. The van der Waals surface area contributed by atoms with E-state index in [2.05, 4.69) is 20.7 Å². The number of benzene rings is 3. The molecule has 0 unspecified atom stereocenters. The van der Waals surface area contributed by atoms with Crippen molar-refractivity contribution in [3.63, 3.8) is 0 Å². The van der Waals surface area contributed by atoms with Crippen LogP contribution in [0.1, 0.15) is 0 Å². The van der Waals surface area contributed by atoms with Gasteiger partial charge in [-0.1, -0.05) is 34.1 Å². The fraction of sp³-hybridized carbons (Fsp3) is 0. The first-order chi connectivity index (χ1) is 12.7. The van der Waals surface area contributed by atoms with E-state index in [1.165, 1.54) is 48.5 Å². The van der Waals surface area contributed by atoms with Gasteiger partial charge in [-0.3, -0.25) is 25.0 Å². The van der Waals surface area contributed by atoms with Gasteiger partial charge in [0.05, 0.1) is 26.2 Å². The van der Waals surface area contributed by atoms with Gasteiger partial charge in [-0.05, 0) is 30.3 Å². The van der Waals surface area contributed by atoms with Gasteiger partial charge in [0.2, 0.25) is 0 Å². The van der Waals surface area contributed by atoms with E-state index in [0.29, 0.717) is 4.47 Å². The summed E-state index contributed by atoms with van der Waals surface area (Å²) in [6.45, 7) is 0. The van der Waals surface area contributed by atoms with Gasteiger partial charge in [0.15, 0.2) is 0 Å². The van der Waals surface area contributed by atoms with Gasteiger partial charge < -0.3 is 0 Å². The molecule has 3 rings (SSSR count). The molecule has 0 aliphatic heterocycles. The van der Waals surface area contributed by atoms with Gasteiger partial charge in [-0.25, -0.2) is 8.42 Å². The topological polar surface area (TPSA) is 132 Å². The fourth-order valence-corrected chi connectivity index (χ4v) is 3.91. The second-order valence-electron chi connectivity index (χ2n) is 5.41. The minimum atomic E-state index is -4.16. The second-order valence-corrected chi connectivity index (χ2v) is 8.01. The van der Waals surface area contributed by atoms with Gasteiger partial charge in [0.1, 0.15) is 5.69 Å². The van der Waals surface area contributed by atoms with Crippen molar-refractivity contribution in [1.82, 2.24) is 0 Å². The average molecular weight is 452 g/mol. The highest BCUT2D eigenvalue weighted by Crippen LogP contribution is 2.40. The zero-order valence-corrected chi connectivity index (χ0v) is 15.7. The first-order valence-corrected chi connectivity index (χ1v) is 9.61. The Morgan fingerprint density at radius 2 is 1.41 bits per heavy atom. The highest BCUT2D eigenvalue weighted by molar-refractivity contribution is 9.10. The molecule has 1 N–H and O–H groups in total. The largest absolute Gasteiger partial charge is 0.300 e. The Hall–Kier alpha value is -3.05. The van der Waals surface area contributed by atoms with Crippen molar-refractivity contribution in [2.45, 2.75) is 4.90 Å². The highest BCUT2D eigenvalue weighted by Gasteiger charge is 2.28. The third-order valence-electron chi connectivity index (χ3n) is 3.76. The normalized spacial score (nSPS) is 11.3. The number of nitro groups is 2. The lowest BCUT2D eigenvalue weighted by atomic mass is 10.1. The maximum atomic E-state index is 12.7. The number of hydrogen-bond donors (Lipinski definition) is 1. The van der Waals surface area contributed by atoms with E-state index < -0.39 is 31.2 Å². The van der Waals surface area contributed by atoms with Crippen molar-refractivity contribution >= 4 is 53.8 Å². The molecule has 11 heteroatoms. The van der Waals surface area contributed by atoms with Gasteiger partial charge >= 0.3 is 5.69 Å². The molecule has 27 heavy (non-hydrogen) atoms. The lowest BCUT2D eigenvalue weighted by Crippen LogP contribution is -2.14. The molecule has 0 bridgehead atoms. The monoisotopic (exact) mass is 451 g/mol. The van der Waals surface area contributed by atoms with Crippen LogP contribution in [0.25, 0.3) is 10.8 Å². The van der Waals surface area contributed by atoms with Gasteiger partial charge in [-0.15, -0.1) is 0 Å². The Bertz CT molecular complexity index is 1180. The molecule has 138 valence electrons. The summed E-state index contributed by atoms with van der Waals surface area (Å²) < 4.78 is 28.2. The Balaban J connectivity index is 2.26. The SMILES string of the molecule is O=[N+]([O-])c1cc([N+](=O)[O-])c2ccccc2c1NS(=O)(=O)c1ccc(Br)cc1. The van der Waals surface area contributed by atoms with Gasteiger partial charge in [0.25, 0.3) is 15.7 Å². The zero-order chi connectivity index (χ0) is 19.8. The van der Waals surface area contributed by atoms with Crippen LogP contribution in [-0.4, -0.2) is 18.3 Å². The first-order valence-electron chi connectivity index (χ1n) is 7.33. The van der Waals surface area contributed by atoms with Gasteiger partial charge in [0, 0.05) is 9.86 Å². The van der Waals surface area contributed by atoms with E-state index in [1.807, 2.05) is 0 Å². The van der Waals surface area contributed by atoms with Crippen LogP contribution >= 0.6 is 15.9 Å². The summed E-state index contributed by atoms with van der Waals surface area (Å²) in [5.74, 6) is 0. The van der Waals surface area contributed by atoms with Crippen LogP contribution in [0.15, 0.2) is 64.0 Å². The van der Waals surface area contributed by atoms with Crippen molar-refractivity contribution in [1.29, 1.82) is 0 Å². The molecule has 0 fully saturated rings. The number of sulfonamides is 1. The number of halogens is 1. The Labute approximate surface area is 161 Å². The minimum Gasteiger partial charge on any atom is -0.272 e. The van der Waals surface area contributed by atoms with E-state index in [1.54, 1.807) is 0 Å². The molecule has 9 nitrogen and oxygen atoms in total. The summed E-state index contributed by atoms with van der Waals surface area (Å²) in [4.78, 5) is 21.0. The molecule has 0 aliphatic carbocycles. The molecular formula is C16H10BrN3O6S. The molecule has 0 spiro atoms. The minimum absolute atomic E-state index is 0.0547. The Morgan fingerprint density at radius 1 is 0.852 bits per heavy atom. The first kappa shape index (κ1) is 18.7. The number of nitro benzene ring substituents is 2. The second kappa shape index (κ2) is 6.93. The number of hydrogen-bond acceptors (Lipinski definition) is 6. The standard InChI is InChI=1S/C16H10BrN3O6S/c17-10-5-7-11(8-6-10)27(25,26)18-16-13-4-2-1-3-12(13)14(19(21)22)9-15(16)20(23)24/h1-9,18H. The van der Waals surface area contributed by atoms with Crippen molar-refractivity contribution in [2.75, 3.05) is 4.72 Å². The quantitative estimate of drug-likeness (QED) is 0.455. The summed E-state index contributed by atoms with van der Waals surface area (Å²) in [6, 6.07) is 12.2. The number of non-ortho nitro benzene ring substituents is 1. The molecular weight excluding hydrogens is 442 g/mol. The number of anilines is 1. The van der Waals surface area contributed by atoms with Crippen molar-refractivity contribution in [3.8, 4) is 0 Å². The van der Waals surface area contributed by atoms with Crippen LogP contribution in [0.5, 0.6) is 0 Å². The summed E-state index contributed by atoms with van der Waals surface area (Å²) in [5.41, 5.74) is -1.52. The lowest BCUT2D eigenvalue weighted by Gasteiger charge is -2.12. The predicted molar refractivity (Wildman–Crippen MR) is 102 cm³/mol. The summed E-state index contributed by atoms with van der Waals surface area (Å²) in [7, 11) is -4.16. The van der Waals surface area contributed by atoms with E-state index in [4.69, 9.17) is 0 Å². The third kappa shape index (κ3) is 3.59. The van der Waals surface area contributed by atoms with E-state index in [0.717, 1.165) is 6.07 Å². The van der Waals surface area contributed by atoms with E-state index >= 15 is 0 Å². The highest BCUT2D eigenvalue weighted by atomic mass is 79.9. The number of rotatable bonds is 5. The van der Waals surface area contributed by atoms with Crippen molar-refractivity contribution in [3.05, 3.63) is 79.3 Å². The predicted octanol–water partition coefficient (Wildman–Crippen LogP) is 4.22. The zero-order valence-electron chi connectivity index (χ0n) is 13.3. The molecule has 3 aromatic rings. The van der Waals surface area contributed by atoms with E-state index in [-0.39, 0.29) is 21.4 Å². The third-order valence-corrected chi connectivity index (χ3v) is 5.65. The van der Waals surface area contributed by atoms with Crippen LogP contribution in [0.3, 0.4) is 0 Å². The number of nitrogens with zero attached hydrogens (tertiary/aromatic N) is 2. The maximum absolute atomic E-state index is 12.7. The van der Waals surface area contributed by atoms with Crippen LogP contribution < -0.4 is 4.72 Å². The average Bonchev–Trinajstić information content (AvgIpc) is 2.61. The molecule has 0 aromatic heterocycles. The lowest BCUT2D eigenvalue weighted by molar-refractivity contribution is -0.392. The summed E-state index contributed by atoms with van der Waals surface area (Å²) in [5, 5.41) is 22.9. The van der Waals surface area contributed by atoms with Crippen molar-refractivity contribution < 1.29 is 18.3 Å². The number of nitrogens with one attached hydrogen (secondary N) is 1. The number of fused-ring (bicyclic) bond motifs is 1. The van der Waals surface area contributed by atoms with Crippen LogP contribution in [-0.2, 0) is 10.0 Å². The van der Waals surface area contributed by atoms with Crippen molar-refractivity contribution in [2.24, 2.45) is 0 Å². The van der Waals surface area contributed by atoms with Gasteiger partial charge in [-0.2, -0.15) is 0 Å². The Morgan fingerprint density at radius 3 is 1.96 bits per heavy atom. The van der Waals surface area contributed by atoms with Crippen LogP contribution in [0, 0.1) is 20.2 Å². The summed E-state index contributed by atoms with van der Waals surface area (Å²) in [6.07, 6.45) is 0. The van der Waals surface area contributed by atoms with Crippen LogP contribution in [0.2, 0.25) is 0 Å².